The second kappa shape index (κ2) is 7.43. The van der Waals surface area contributed by atoms with Gasteiger partial charge in [-0.05, 0) is 43.0 Å². The van der Waals surface area contributed by atoms with Crippen LogP contribution in [0.4, 0.5) is 0 Å². The summed E-state index contributed by atoms with van der Waals surface area (Å²) in [6, 6.07) is 6.54. The Labute approximate surface area is 129 Å². The Balaban J connectivity index is 1.94. The van der Waals surface area contributed by atoms with Crippen LogP contribution in [-0.2, 0) is 10.0 Å². The van der Waals surface area contributed by atoms with Crippen LogP contribution in [0.2, 0.25) is 0 Å². The number of benzene rings is 1. The van der Waals surface area contributed by atoms with Gasteiger partial charge < -0.3 is 4.74 Å². The fraction of sp³-hybridized carbons (Fsp3) is 0.571. The average Bonchev–Trinajstić information content (AvgIpc) is 2.97. The third-order valence-electron chi connectivity index (χ3n) is 3.52. The second-order valence-corrected chi connectivity index (χ2v) is 7.57. The van der Waals surface area contributed by atoms with Crippen LogP contribution in [0.3, 0.4) is 0 Å². The number of nitrogens with one attached hydrogen (secondary N) is 1. The van der Waals surface area contributed by atoms with Crippen molar-refractivity contribution >= 4 is 26.0 Å². The van der Waals surface area contributed by atoms with Crippen molar-refractivity contribution in [1.29, 1.82) is 0 Å². The topological polar surface area (TPSA) is 55.4 Å². The minimum Gasteiger partial charge on any atom is -0.493 e. The summed E-state index contributed by atoms with van der Waals surface area (Å²) in [5, 5.41) is 0.746. The standard InChI is InChI=1S/C14H20BrNO3S/c15-9-10-19-13-5-7-14(8-6-13)20(17,18)16-11-12-3-1-2-4-12/h5-8,12,16H,1-4,9-11H2. The van der Waals surface area contributed by atoms with Crippen LogP contribution >= 0.6 is 15.9 Å². The molecule has 1 aliphatic carbocycles. The van der Waals surface area contributed by atoms with Crippen LogP contribution in [-0.4, -0.2) is 26.9 Å². The summed E-state index contributed by atoms with van der Waals surface area (Å²) in [5.74, 6) is 1.17. The lowest BCUT2D eigenvalue weighted by molar-refractivity contribution is 0.345. The molecule has 1 aromatic carbocycles. The smallest absolute Gasteiger partial charge is 0.240 e. The van der Waals surface area contributed by atoms with E-state index in [2.05, 4.69) is 20.7 Å². The highest BCUT2D eigenvalue weighted by molar-refractivity contribution is 9.09. The Morgan fingerprint density at radius 3 is 2.45 bits per heavy atom. The third-order valence-corrected chi connectivity index (χ3v) is 5.28. The summed E-state index contributed by atoms with van der Waals surface area (Å²) >= 11 is 3.27. The van der Waals surface area contributed by atoms with E-state index >= 15 is 0 Å². The number of halogens is 1. The van der Waals surface area contributed by atoms with Crippen LogP contribution in [0.5, 0.6) is 5.75 Å². The normalized spacial score (nSPS) is 16.4. The lowest BCUT2D eigenvalue weighted by Crippen LogP contribution is -2.28. The lowest BCUT2D eigenvalue weighted by Gasteiger charge is -2.11. The molecular formula is C14H20BrNO3S. The molecule has 0 aliphatic heterocycles. The van der Waals surface area contributed by atoms with Gasteiger partial charge in [-0.2, -0.15) is 0 Å². The maximum atomic E-state index is 12.2. The molecule has 0 unspecified atom stereocenters. The van der Waals surface area contributed by atoms with E-state index < -0.39 is 10.0 Å². The van der Waals surface area contributed by atoms with E-state index in [1.807, 2.05) is 0 Å². The Kier molecular flexibility index (Phi) is 5.86. The zero-order valence-corrected chi connectivity index (χ0v) is 13.7. The van der Waals surface area contributed by atoms with Crippen LogP contribution in [0.15, 0.2) is 29.2 Å². The molecule has 1 N–H and O–H groups in total. The number of hydrogen-bond acceptors (Lipinski definition) is 3. The molecule has 20 heavy (non-hydrogen) atoms. The predicted octanol–water partition coefficient (Wildman–Crippen LogP) is 2.93. The van der Waals surface area contributed by atoms with E-state index in [9.17, 15) is 8.42 Å². The minimum absolute atomic E-state index is 0.293. The molecule has 0 spiro atoms. The van der Waals surface area contributed by atoms with Gasteiger partial charge >= 0.3 is 0 Å². The predicted molar refractivity (Wildman–Crippen MR) is 82.9 cm³/mol. The first kappa shape index (κ1) is 15.8. The molecule has 2 rings (SSSR count). The molecule has 0 amide bonds. The van der Waals surface area contributed by atoms with Gasteiger partial charge in [0, 0.05) is 11.9 Å². The lowest BCUT2D eigenvalue weighted by atomic mass is 10.1. The molecule has 6 heteroatoms. The first-order valence-corrected chi connectivity index (χ1v) is 9.51. The molecular weight excluding hydrogens is 342 g/mol. The van der Waals surface area contributed by atoms with E-state index in [4.69, 9.17) is 4.74 Å². The van der Waals surface area contributed by atoms with Crippen molar-refractivity contribution in [3.63, 3.8) is 0 Å². The van der Waals surface area contributed by atoms with Crippen molar-refractivity contribution in [2.45, 2.75) is 30.6 Å². The van der Waals surface area contributed by atoms with E-state index in [0.717, 1.165) is 18.2 Å². The zero-order valence-electron chi connectivity index (χ0n) is 11.3. The van der Waals surface area contributed by atoms with Crippen molar-refractivity contribution < 1.29 is 13.2 Å². The van der Waals surface area contributed by atoms with Crippen LogP contribution in [0.25, 0.3) is 0 Å². The molecule has 1 fully saturated rings. The van der Waals surface area contributed by atoms with Crippen LogP contribution in [0, 0.1) is 5.92 Å². The molecule has 0 bridgehead atoms. The van der Waals surface area contributed by atoms with Crippen molar-refractivity contribution in [2.75, 3.05) is 18.5 Å². The largest absolute Gasteiger partial charge is 0.493 e. The quantitative estimate of drug-likeness (QED) is 0.759. The highest BCUT2D eigenvalue weighted by atomic mass is 79.9. The van der Waals surface area contributed by atoms with Gasteiger partial charge in [0.1, 0.15) is 5.75 Å². The third kappa shape index (κ3) is 4.46. The van der Waals surface area contributed by atoms with Crippen molar-refractivity contribution in [3.8, 4) is 5.75 Å². The minimum atomic E-state index is -3.40. The van der Waals surface area contributed by atoms with Gasteiger partial charge in [0.25, 0.3) is 0 Å². The average molecular weight is 362 g/mol. The summed E-state index contributed by atoms with van der Waals surface area (Å²) < 4.78 is 32.4. The summed E-state index contributed by atoms with van der Waals surface area (Å²) in [6.45, 7) is 1.11. The molecule has 0 saturated heterocycles. The van der Waals surface area contributed by atoms with Crippen molar-refractivity contribution in [3.05, 3.63) is 24.3 Å². The molecule has 112 valence electrons. The van der Waals surface area contributed by atoms with Crippen LogP contribution < -0.4 is 9.46 Å². The molecule has 0 atom stereocenters. The highest BCUT2D eigenvalue weighted by Crippen LogP contribution is 2.24. The first-order valence-electron chi connectivity index (χ1n) is 6.90. The Bertz CT molecular complexity index is 510. The van der Waals surface area contributed by atoms with Gasteiger partial charge in [0.05, 0.1) is 11.5 Å². The van der Waals surface area contributed by atoms with E-state index in [0.29, 0.717) is 29.7 Å². The van der Waals surface area contributed by atoms with Gasteiger partial charge in [-0.25, -0.2) is 13.1 Å². The maximum Gasteiger partial charge on any atom is 0.240 e. The molecule has 1 aliphatic rings. The molecule has 1 aromatic rings. The van der Waals surface area contributed by atoms with E-state index in [1.165, 1.54) is 12.8 Å². The summed E-state index contributed by atoms with van der Waals surface area (Å²) in [6.07, 6.45) is 4.68. The Morgan fingerprint density at radius 1 is 1.20 bits per heavy atom. The van der Waals surface area contributed by atoms with Crippen LogP contribution in [0.1, 0.15) is 25.7 Å². The zero-order chi connectivity index (χ0) is 14.4. The number of sulfonamides is 1. The molecule has 1 saturated carbocycles. The van der Waals surface area contributed by atoms with Gasteiger partial charge in [-0.1, -0.05) is 28.8 Å². The maximum absolute atomic E-state index is 12.2. The van der Waals surface area contributed by atoms with E-state index in [-0.39, 0.29) is 0 Å². The second-order valence-electron chi connectivity index (χ2n) is 5.01. The van der Waals surface area contributed by atoms with Gasteiger partial charge in [0.2, 0.25) is 10.0 Å². The summed E-state index contributed by atoms with van der Waals surface area (Å²) in [5.41, 5.74) is 0. The highest BCUT2D eigenvalue weighted by Gasteiger charge is 2.19. The number of alkyl halides is 1. The van der Waals surface area contributed by atoms with Gasteiger partial charge in [-0.15, -0.1) is 0 Å². The number of ether oxygens (including phenoxy) is 1. The molecule has 0 aromatic heterocycles. The monoisotopic (exact) mass is 361 g/mol. The number of hydrogen-bond donors (Lipinski definition) is 1. The van der Waals surface area contributed by atoms with Gasteiger partial charge in [0.15, 0.2) is 0 Å². The van der Waals surface area contributed by atoms with Crippen molar-refractivity contribution in [2.24, 2.45) is 5.92 Å². The van der Waals surface area contributed by atoms with E-state index in [1.54, 1.807) is 24.3 Å². The van der Waals surface area contributed by atoms with Gasteiger partial charge in [-0.3, -0.25) is 0 Å². The summed E-state index contributed by atoms with van der Waals surface area (Å²) in [4.78, 5) is 0.293. The summed E-state index contributed by atoms with van der Waals surface area (Å²) in [7, 11) is -3.40. The fourth-order valence-corrected chi connectivity index (χ4v) is 3.67. The molecule has 0 radical (unpaired) electrons. The number of rotatable bonds is 7. The molecule has 4 nitrogen and oxygen atoms in total. The first-order chi connectivity index (χ1) is 9.62. The Hall–Kier alpha value is -0.590. The SMILES string of the molecule is O=S(=O)(NCC1CCCC1)c1ccc(OCCBr)cc1. The Morgan fingerprint density at radius 2 is 1.85 bits per heavy atom. The molecule has 0 heterocycles. The van der Waals surface area contributed by atoms with Crippen molar-refractivity contribution in [1.82, 2.24) is 4.72 Å². The fourth-order valence-electron chi connectivity index (χ4n) is 2.40.